The molecule has 0 radical (unpaired) electrons. The van der Waals surface area contributed by atoms with Crippen molar-refractivity contribution in [1.29, 1.82) is 0 Å². The van der Waals surface area contributed by atoms with E-state index in [0.29, 0.717) is 17.4 Å². The van der Waals surface area contributed by atoms with Crippen molar-refractivity contribution in [3.8, 4) is 0 Å². The standard InChI is InChI=1S/C10H11NO2/c1-7-2-3-8(6-12)5-9(4-7)10(11)13/h2-7H,1H3,(H2,11,13). The van der Waals surface area contributed by atoms with E-state index in [1.165, 1.54) is 6.08 Å². The molecule has 1 rings (SSSR count). The molecular weight excluding hydrogens is 166 g/mol. The number of hydrogen-bond acceptors (Lipinski definition) is 2. The summed E-state index contributed by atoms with van der Waals surface area (Å²) < 4.78 is 0. The van der Waals surface area contributed by atoms with Gasteiger partial charge in [-0.25, -0.2) is 0 Å². The lowest BCUT2D eigenvalue weighted by Crippen LogP contribution is -2.13. The van der Waals surface area contributed by atoms with Crippen LogP contribution in [0.3, 0.4) is 0 Å². The molecular formula is C10H11NO2. The van der Waals surface area contributed by atoms with Crippen LogP contribution in [-0.4, -0.2) is 12.2 Å². The molecule has 0 bridgehead atoms. The van der Waals surface area contributed by atoms with E-state index in [1.807, 2.05) is 13.0 Å². The molecule has 0 spiro atoms. The third-order valence-electron chi connectivity index (χ3n) is 1.78. The topological polar surface area (TPSA) is 60.2 Å². The van der Waals surface area contributed by atoms with Crippen molar-refractivity contribution >= 4 is 12.2 Å². The number of hydrogen-bond donors (Lipinski definition) is 1. The molecule has 0 aromatic rings. The maximum absolute atomic E-state index is 10.9. The van der Waals surface area contributed by atoms with Crippen molar-refractivity contribution in [2.75, 3.05) is 0 Å². The molecule has 0 aromatic heterocycles. The molecule has 3 nitrogen and oxygen atoms in total. The van der Waals surface area contributed by atoms with Gasteiger partial charge in [-0.15, -0.1) is 0 Å². The van der Waals surface area contributed by atoms with E-state index in [9.17, 15) is 9.59 Å². The molecule has 3 heteroatoms. The number of rotatable bonds is 2. The van der Waals surface area contributed by atoms with Crippen molar-refractivity contribution in [2.45, 2.75) is 6.92 Å². The van der Waals surface area contributed by atoms with Gasteiger partial charge in [-0.3, -0.25) is 9.59 Å². The first-order chi connectivity index (χ1) is 6.13. The number of nitrogens with two attached hydrogens (primary N) is 1. The molecule has 13 heavy (non-hydrogen) atoms. The second-order valence-electron chi connectivity index (χ2n) is 2.97. The fourth-order valence-electron chi connectivity index (χ4n) is 1.10. The van der Waals surface area contributed by atoms with Gasteiger partial charge in [-0.05, 0) is 12.0 Å². The van der Waals surface area contributed by atoms with Gasteiger partial charge in [0.15, 0.2) is 0 Å². The van der Waals surface area contributed by atoms with Crippen molar-refractivity contribution in [1.82, 2.24) is 0 Å². The highest BCUT2D eigenvalue weighted by Gasteiger charge is 2.07. The minimum absolute atomic E-state index is 0.121. The Balaban J connectivity index is 3.07. The Hall–Kier alpha value is -1.64. The lowest BCUT2D eigenvalue weighted by atomic mass is 10.1. The molecule has 1 unspecified atom stereocenters. The van der Waals surface area contributed by atoms with Gasteiger partial charge in [0, 0.05) is 11.1 Å². The van der Waals surface area contributed by atoms with E-state index >= 15 is 0 Å². The van der Waals surface area contributed by atoms with E-state index < -0.39 is 5.91 Å². The lowest BCUT2D eigenvalue weighted by Gasteiger charge is -1.97. The first-order valence-corrected chi connectivity index (χ1v) is 4.00. The normalized spacial score (nSPS) is 21.5. The summed E-state index contributed by atoms with van der Waals surface area (Å²) in [5, 5.41) is 0. The average Bonchev–Trinajstić information content (AvgIpc) is 2.27. The SMILES string of the molecule is CC1C=CC(C=O)=CC(C(N)=O)=C1. The summed E-state index contributed by atoms with van der Waals surface area (Å²) in [5.74, 6) is -0.383. The van der Waals surface area contributed by atoms with Crippen LogP contribution in [0.15, 0.2) is 35.5 Å². The van der Waals surface area contributed by atoms with Crippen molar-refractivity contribution in [3.63, 3.8) is 0 Å². The van der Waals surface area contributed by atoms with E-state index in [0.717, 1.165) is 0 Å². The molecule has 68 valence electrons. The van der Waals surface area contributed by atoms with Gasteiger partial charge in [-0.1, -0.05) is 25.2 Å². The average molecular weight is 177 g/mol. The molecule has 0 aliphatic heterocycles. The zero-order chi connectivity index (χ0) is 9.84. The highest BCUT2D eigenvalue weighted by molar-refractivity contribution is 5.97. The molecule has 0 aromatic carbocycles. The molecule has 0 heterocycles. The summed E-state index contributed by atoms with van der Waals surface area (Å²) in [7, 11) is 0. The van der Waals surface area contributed by atoms with Crippen LogP contribution in [-0.2, 0) is 9.59 Å². The van der Waals surface area contributed by atoms with Crippen LogP contribution in [0.2, 0.25) is 0 Å². The Kier molecular flexibility index (Phi) is 2.80. The maximum atomic E-state index is 10.9. The van der Waals surface area contributed by atoms with E-state index in [4.69, 9.17) is 5.73 Å². The maximum Gasteiger partial charge on any atom is 0.248 e. The third-order valence-corrected chi connectivity index (χ3v) is 1.78. The summed E-state index contributed by atoms with van der Waals surface area (Å²) in [5.41, 5.74) is 5.98. The number of carbonyl (C=O) groups excluding carboxylic acids is 2. The largest absolute Gasteiger partial charge is 0.366 e. The van der Waals surface area contributed by atoms with E-state index in [2.05, 4.69) is 0 Å². The summed E-state index contributed by atoms with van der Waals surface area (Å²) in [6, 6.07) is 0. The molecule has 0 saturated carbocycles. The second kappa shape index (κ2) is 3.85. The van der Waals surface area contributed by atoms with Crippen LogP contribution in [0.1, 0.15) is 6.92 Å². The zero-order valence-electron chi connectivity index (χ0n) is 7.36. The fourth-order valence-corrected chi connectivity index (χ4v) is 1.10. The minimum Gasteiger partial charge on any atom is -0.366 e. The van der Waals surface area contributed by atoms with Gasteiger partial charge in [0.05, 0.1) is 0 Å². The smallest absolute Gasteiger partial charge is 0.248 e. The Morgan fingerprint density at radius 2 is 2.31 bits per heavy atom. The Morgan fingerprint density at radius 1 is 1.62 bits per heavy atom. The quantitative estimate of drug-likeness (QED) is 0.632. The Labute approximate surface area is 76.6 Å². The molecule has 1 aliphatic rings. The van der Waals surface area contributed by atoms with Gasteiger partial charge >= 0.3 is 0 Å². The molecule has 2 N–H and O–H groups in total. The molecule has 1 atom stereocenters. The predicted molar refractivity (Wildman–Crippen MR) is 49.7 cm³/mol. The number of aldehydes is 1. The highest BCUT2D eigenvalue weighted by Crippen LogP contribution is 2.13. The second-order valence-corrected chi connectivity index (χ2v) is 2.97. The van der Waals surface area contributed by atoms with Crippen LogP contribution in [0.25, 0.3) is 0 Å². The van der Waals surface area contributed by atoms with Crippen LogP contribution < -0.4 is 5.73 Å². The third kappa shape index (κ3) is 2.40. The summed E-state index contributed by atoms with van der Waals surface area (Å²) >= 11 is 0. The molecule has 1 aliphatic carbocycles. The van der Waals surface area contributed by atoms with Gasteiger partial charge in [0.1, 0.15) is 6.29 Å². The van der Waals surface area contributed by atoms with E-state index in [-0.39, 0.29) is 5.92 Å². The highest BCUT2D eigenvalue weighted by atomic mass is 16.1. The molecule has 0 saturated heterocycles. The van der Waals surface area contributed by atoms with Crippen LogP contribution in [0.5, 0.6) is 0 Å². The minimum atomic E-state index is -0.505. The van der Waals surface area contributed by atoms with Crippen LogP contribution >= 0.6 is 0 Å². The Morgan fingerprint density at radius 3 is 2.85 bits per heavy atom. The number of carbonyl (C=O) groups is 2. The van der Waals surface area contributed by atoms with Crippen molar-refractivity contribution in [3.05, 3.63) is 35.5 Å². The monoisotopic (exact) mass is 177 g/mol. The van der Waals surface area contributed by atoms with Gasteiger partial charge in [-0.2, -0.15) is 0 Å². The summed E-state index contributed by atoms with van der Waals surface area (Å²) in [6.07, 6.45) is 7.45. The van der Waals surface area contributed by atoms with Crippen molar-refractivity contribution < 1.29 is 9.59 Å². The van der Waals surface area contributed by atoms with Gasteiger partial charge < -0.3 is 5.73 Å². The van der Waals surface area contributed by atoms with Crippen LogP contribution in [0, 0.1) is 5.92 Å². The van der Waals surface area contributed by atoms with Crippen molar-refractivity contribution in [2.24, 2.45) is 11.7 Å². The van der Waals surface area contributed by atoms with Gasteiger partial charge in [0.25, 0.3) is 0 Å². The summed E-state index contributed by atoms with van der Waals surface area (Å²) in [6.45, 7) is 1.92. The first kappa shape index (κ1) is 9.45. The fraction of sp³-hybridized carbons (Fsp3) is 0.200. The first-order valence-electron chi connectivity index (χ1n) is 4.00. The molecule has 1 amide bonds. The van der Waals surface area contributed by atoms with Gasteiger partial charge in [0.2, 0.25) is 5.91 Å². The Bertz CT molecular complexity index is 324. The van der Waals surface area contributed by atoms with Crippen LogP contribution in [0.4, 0.5) is 0 Å². The molecule has 0 fully saturated rings. The lowest BCUT2D eigenvalue weighted by molar-refractivity contribution is -0.114. The summed E-state index contributed by atoms with van der Waals surface area (Å²) in [4.78, 5) is 21.4. The zero-order valence-corrected chi connectivity index (χ0v) is 7.36. The number of amides is 1. The number of primary amides is 1. The predicted octanol–water partition coefficient (Wildman–Crippen LogP) is 0.729. The van der Waals surface area contributed by atoms with E-state index in [1.54, 1.807) is 12.2 Å². The number of allylic oxidation sites excluding steroid dienone is 4.